The Morgan fingerprint density at radius 2 is 1.88 bits per heavy atom. The Bertz CT molecular complexity index is 879. The van der Waals surface area contributed by atoms with Crippen LogP contribution in [-0.2, 0) is 19.5 Å². The summed E-state index contributed by atoms with van der Waals surface area (Å²) in [7, 11) is 0. The highest BCUT2D eigenvalue weighted by molar-refractivity contribution is 5.95. The van der Waals surface area contributed by atoms with E-state index in [1.54, 1.807) is 0 Å². The molecule has 4 rings (SSSR count). The fourth-order valence-corrected chi connectivity index (χ4v) is 3.07. The zero-order valence-corrected chi connectivity index (χ0v) is 13.6. The molecule has 0 N–H and O–H groups in total. The average molecular weight is 319 g/mol. The van der Waals surface area contributed by atoms with Gasteiger partial charge in [-0.05, 0) is 13.3 Å². The molecule has 3 aromatic rings. The SMILES string of the molecule is Cc1ccc(C(=O)C[n+]2ccc(-c3nnc4n3CCC4)cc2)cc1. The molecule has 3 heterocycles. The van der Waals surface area contributed by atoms with Gasteiger partial charge in [0.15, 0.2) is 18.2 Å². The van der Waals surface area contributed by atoms with Crippen LogP contribution in [0.1, 0.15) is 28.2 Å². The van der Waals surface area contributed by atoms with E-state index in [9.17, 15) is 4.79 Å². The lowest BCUT2D eigenvalue weighted by Crippen LogP contribution is -2.37. The molecule has 5 heteroatoms. The van der Waals surface area contributed by atoms with E-state index in [-0.39, 0.29) is 5.78 Å². The van der Waals surface area contributed by atoms with Crippen molar-refractivity contribution in [1.29, 1.82) is 0 Å². The maximum atomic E-state index is 12.3. The van der Waals surface area contributed by atoms with Crippen LogP contribution in [0.5, 0.6) is 0 Å². The van der Waals surface area contributed by atoms with Crippen molar-refractivity contribution >= 4 is 5.78 Å². The predicted molar refractivity (Wildman–Crippen MR) is 89.5 cm³/mol. The Morgan fingerprint density at radius 1 is 1.12 bits per heavy atom. The van der Waals surface area contributed by atoms with Gasteiger partial charge in [-0.3, -0.25) is 4.79 Å². The second-order valence-electron chi connectivity index (χ2n) is 6.24. The number of carbonyl (C=O) groups excluding carboxylic acids is 1. The Hall–Kier alpha value is -2.82. The summed E-state index contributed by atoms with van der Waals surface area (Å²) in [6.45, 7) is 3.34. The van der Waals surface area contributed by atoms with Crippen molar-refractivity contribution in [3.8, 4) is 11.4 Å². The monoisotopic (exact) mass is 319 g/mol. The van der Waals surface area contributed by atoms with Crippen LogP contribution in [0.4, 0.5) is 0 Å². The minimum absolute atomic E-state index is 0.108. The smallest absolute Gasteiger partial charge is 0.227 e. The summed E-state index contributed by atoms with van der Waals surface area (Å²) < 4.78 is 4.07. The topological polar surface area (TPSA) is 51.7 Å². The number of carbonyl (C=O) groups is 1. The van der Waals surface area contributed by atoms with Gasteiger partial charge in [-0.1, -0.05) is 29.8 Å². The highest BCUT2D eigenvalue weighted by atomic mass is 16.1. The van der Waals surface area contributed by atoms with Crippen molar-refractivity contribution in [2.75, 3.05) is 0 Å². The number of rotatable bonds is 4. The van der Waals surface area contributed by atoms with E-state index in [1.165, 1.54) is 0 Å². The average Bonchev–Trinajstić information content (AvgIpc) is 3.20. The van der Waals surface area contributed by atoms with Gasteiger partial charge in [-0.25, -0.2) is 0 Å². The van der Waals surface area contributed by atoms with Crippen molar-refractivity contribution in [2.24, 2.45) is 0 Å². The van der Waals surface area contributed by atoms with Crippen molar-refractivity contribution in [2.45, 2.75) is 32.9 Å². The second kappa shape index (κ2) is 6.00. The summed E-state index contributed by atoms with van der Waals surface area (Å²) in [5.41, 5.74) is 2.94. The van der Waals surface area contributed by atoms with Gasteiger partial charge < -0.3 is 4.57 Å². The minimum atomic E-state index is 0.108. The van der Waals surface area contributed by atoms with Crippen molar-refractivity contribution in [1.82, 2.24) is 14.8 Å². The molecule has 1 aliphatic rings. The number of ketones is 1. The van der Waals surface area contributed by atoms with Gasteiger partial charge in [0.2, 0.25) is 12.3 Å². The van der Waals surface area contributed by atoms with E-state index in [2.05, 4.69) is 14.8 Å². The standard InChI is InChI=1S/C19H19N4O/c1-14-4-6-15(7-5-14)17(24)13-22-11-8-16(9-12-22)19-21-20-18-3-2-10-23(18)19/h4-9,11-12H,2-3,10,13H2,1H3/q+1. The molecule has 0 unspecified atom stereocenters. The summed E-state index contributed by atoms with van der Waals surface area (Å²) in [4.78, 5) is 12.3. The van der Waals surface area contributed by atoms with Gasteiger partial charge in [0.05, 0.1) is 0 Å². The number of aryl methyl sites for hydroxylation is 2. The third-order valence-electron chi connectivity index (χ3n) is 4.46. The normalized spacial score (nSPS) is 13.0. The molecule has 0 bridgehead atoms. The summed E-state index contributed by atoms with van der Waals surface area (Å²) in [5, 5.41) is 8.53. The number of nitrogens with zero attached hydrogens (tertiary/aromatic N) is 4. The Kier molecular flexibility index (Phi) is 3.69. The van der Waals surface area contributed by atoms with Crippen molar-refractivity contribution in [3.05, 3.63) is 65.7 Å². The van der Waals surface area contributed by atoms with Crippen LogP contribution in [0.2, 0.25) is 0 Å². The number of hydrogen-bond donors (Lipinski definition) is 0. The predicted octanol–water partition coefficient (Wildman–Crippen LogP) is 2.37. The van der Waals surface area contributed by atoms with Crippen LogP contribution in [0.25, 0.3) is 11.4 Å². The number of aromatic nitrogens is 4. The Morgan fingerprint density at radius 3 is 2.62 bits per heavy atom. The molecule has 1 aromatic carbocycles. The Balaban J connectivity index is 1.51. The first kappa shape index (κ1) is 14.8. The number of hydrogen-bond acceptors (Lipinski definition) is 3. The van der Waals surface area contributed by atoms with Crippen molar-refractivity contribution < 1.29 is 9.36 Å². The summed E-state index contributed by atoms with van der Waals surface area (Å²) in [5.74, 6) is 2.09. The molecule has 0 atom stereocenters. The summed E-state index contributed by atoms with van der Waals surface area (Å²) >= 11 is 0. The molecule has 0 spiro atoms. The Labute approximate surface area is 140 Å². The lowest BCUT2D eigenvalue weighted by Gasteiger charge is -2.03. The fourth-order valence-electron chi connectivity index (χ4n) is 3.07. The van der Waals surface area contributed by atoms with Crippen LogP contribution < -0.4 is 4.57 Å². The third kappa shape index (κ3) is 2.73. The number of pyridine rings is 1. The first-order valence-electron chi connectivity index (χ1n) is 8.22. The molecule has 120 valence electrons. The zero-order valence-electron chi connectivity index (χ0n) is 13.6. The molecule has 0 aliphatic carbocycles. The molecule has 0 amide bonds. The molecule has 1 aliphatic heterocycles. The summed E-state index contributed by atoms with van der Waals surface area (Å²) in [6.07, 6.45) is 6.00. The molecule has 2 aromatic heterocycles. The second-order valence-corrected chi connectivity index (χ2v) is 6.24. The fraction of sp³-hybridized carbons (Fsp3) is 0.263. The van der Waals surface area contributed by atoms with Crippen LogP contribution in [-0.4, -0.2) is 20.5 Å². The molecule has 0 radical (unpaired) electrons. The van der Waals surface area contributed by atoms with Gasteiger partial charge in [-0.2, -0.15) is 4.57 Å². The largest absolute Gasteiger partial charge is 0.311 e. The van der Waals surface area contributed by atoms with Crippen LogP contribution in [0.15, 0.2) is 48.8 Å². The van der Waals surface area contributed by atoms with E-state index in [0.29, 0.717) is 6.54 Å². The molecule has 0 fully saturated rings. The zero-order chi connectivity index (χ0) is 16.5. The van der Waals surface area contributed by atoms with Gasteiger partial charge in [-0.15, -0.1) is 10.2 Å². The lowest BCUT2D eigenvalue weighted by atomic mass is 10.1. The van der Waals surface area contributed by atoms with Crippen molar-refractivity contribution in [3.63, 3.8) is 0 Å². The van der Waals surface area contributed by atoms with E-state index >= 15 is 0 Å². The first-order chi connectivity index (χ1) is 11.7. The van der Waals surface area contributed by atoms with Crippen LogP contribution >= 0.6 is 0 Å². The van der Waals surface area contributed by atoms with Crippen LogP contribution in [0.3, 0.4) is 0 Å². The third-order valence-corrected chi connectivity index (χ3v) is 4.46. The van der Waals surface area contributed by atoms with E-state index in [0.717, 1.165) is 47.7 Å². The highest BCUT2D eigenvalue weighted by Gasteiger charge is 2.19. The maximum Gasteiger partial charge on any atom is 0.227 e. The molecule has 0 saturated carbocycles. The van der Waals surface area contributed by atoms with Gasteiger partial charge >= 0.3 is 0 Å². The molecule has 5 nitrogen and oxygen atoms in total. The molecule has 0 saturated heterocycles. The number of benzene rings is 1. The van der Waals surface area contributed by atoms with Gasteiger partial charge in [0, 0.05) is 36.2 Å². The first-order valence-corrected chi connectivity index (χ1v) is 8.22. The van der Waals surface area contributed by atoms with E-state index in [4.69, 9.17) is 0 Å². The maximum absolute atomic E-state index is 12.3. The molecular weight excluding hydrogens is 300 g/mol. The van der Waals surface area contributed by atoms with Gasteiger partial charge in [0.1, 0.15) is 5.82 Å². The summed E-state index contributed by atoms with van der Waals surface area (Å²) in [6, 6.07) is 11.7. The van der Waals surface area contributed by atoms with Gasteiger partial charge in [0.25, 0.3) is 0 Å². The van der Waals surface area contributed by atoms with Crippen LogP contribution in [0, 0.1) is 6.92 Å². The van der Waals surface area contributed by atoms with E-state index in [1.807, 2.05) is 60.3 Å². The minimum Gasteiger partial charge on any atom is -0.311 e. The molecular formula is C19H19N4O+. The molecule has 24 heavy (non-hydrogen) atoms. The number of fused-ring (bicyclic) bond motifs is 1. The van der Waals surface area contributed by atoms with E-state index < -0.39 is 0 Å². The number of Topliss-reactive ketones (excluding diaryl/α,β-unsaturated/α-hetero) is 1. The quantitative estimate of drug-likeness (QED) is 0.548. The lowest BCUT2D eigenvalue weighted by molar-refractivity contribution is -0.683. The highest BCUT2D eigenvalue weighted by Crippen LogP contribution is 2.22.